The van der Waals surface area contributed by atoms with Gasteiger partial charge in [-0.25, -0.2) is 0 Å². The molecule has 1 spiro atoms. The number of rotatable bonds is 6. The van der Waals surface area contributed by atoms with Crippen LogP contribution in [0.15, 0.2) is 118 Å². The first-order chi connectivity index (χ1) is 25.5. The normalized spacial score (nSPS) is 19.5. The lowest BCUT2D eigenvalue weighted by Gasteiger charge is -2.53. The Bertz CT molecular complexity index is 2370. The Morgan fingerprint density at radius 1 is 0.547 bits per heavy atom. The van der Waals surface area contributed by atoms with Gasteiger partial charge in [0.05, 0.1) is 11.4 Å². The average Bonchev–Trinajstić information content (AvgIpc) is 3.38. The number of aryl methyl sites for hydroxylation is 5. The summed E-state index contributed by atoms with van der Waals surface area (Å²) in [6, 6.07) is 41.7. The fourth-order valence-electron chi connectivity index (χ4n) is 10.4. The third-order valence-corrected chi connectivity index (χ3v) is 14.2. The highest BCUT2D eigenvalue weighted by Crippen LogP contribution is 2.70. The first-order valence-electron chi connectivity index (χ1n) is 18.8. The molecule has 3 atom stereocenters. The molecule has 0 aliphatic heterocycles. The molecule has 266 valence electrons. The summed E-state index contributed by atoms with van der Waals surface area (Å²) in [6.07, 6.45) is 5.14. The summed E-state index contributed by atoms with van der Waals surface area (Å²) in [7, 11) is 0. The van der Waals surface area contributed by atoms with Gasteiger partial charge in [-0.15, -0.1) is 0 Å². The summed E-state index contributed by atoms with van der Waals surface area (Å²) in [5, 5.41) is 0. The van der Waals surface area contributed by atoms with E-state index in [1.807, 2.05) is 0 Å². The Morgan fingerprint density at radius 3 is 1.57 bits per heavy atom. The molecule has 0 saturated heterocycles. The minimum Gasteiger partial charge on any atom is -0.310 e. The number of halogens is 3. The smallest absolute Gasteiger partial charge is 0.0520 e. The van der Waals surface area contributed by atoms with Gasteiger partial charge in [0.2, 0.25) is 0 Å². The molecule has 6 aromatic carbocycles. The lowest BCUT2D eigenvalue weighted by atomic mass is 9.50. The molecule has 5 heteroatoms. The van der Waals surface area contributed by atoms with Crippen LogP contribution in [0.2, 0.25) is 0 Å². The van der Waals surface area contributed by atoms with Crippen molar-refractivity contribution in [2.75, 3.05) is 9.80 Å². The quantitative estimate of drug-likeness (QED) is 0.154. The summed E-state index contributed by atoms with van der Waals surface area (Å²) < 4.78 is 3.46. The highest BCUT2D eigenvalue weighted by atomic mass is 127. The van der Waals surface area contributed by atoms with Gasteiger partial charge in [-0.1, -0.05) is 61.7 Å². The molecule has 0 heterocycles. The van der Waals surface area contributed by atoms with Crippen LogP contribution in [0.3, 0.4) is 0 Å². The van der Waals surface area contributed by atoms with E-state index in [4.69, 9.17) is 0 Å². The van der Waals surface area contributed by atoms with E-state index in [9.17, 15) is 0 Å². The van der Waals surface area contributed by atoms with E-state index in [0.717, 1.165) is 14.9 Å². The van der Waals surface area contributed by atoms with Crippen LogP contribution in [0.4, 0.5) is 34.1 Å². The second kappa shape index (κ2) is 13.4. The predicted molar refractivity (Wildman–Crippen MR) is 239 cm³/mol. The zero-order chi connectivity index (χ0) is 36.8. The lowest BCUT2D eigenvalue weighted by Crippen LogP contribution is -2.46. The Hall–Kier alpha value is -3.39. The van der Waals surface area contributed by atoms with Crippen LogP contribution in [0.5, 0.6) is 0 Å². The lowest BCUT2D eigenvalue weighted by molar-refractivity contribution is 0.140. The molecule has 0 radical (unpaired) electrons. The van der Waals surface area contributed by atoms with Crippen molar-refractivity contribution < 1.29 is 0 Å². The van der Waals surface area contributed by atoms with Crippen LogP contribution in [0.1, 0.15) is 70.5 Å². The standard InChI is InChI=1S/C48H43Br2IN2/c1-28-22-29(2)46(30(3)23-28)53(38-13-9-35(50)10-14-38)40-16-18-42-41-17-15-39(26-43(41)44-19-6-33-20-21-48(33,44)45(42)27-40)52(37-11-7-34(49)8-12-37)47-31(4)24-36(51)25-32(47)5/h7-18,22-27,33,44H,6,19-21H2,1-5H3/t33?,44-,48-/m0/s1. The van der Waals surface area contributed by atoms with Crippen LogP contribution in [-0.4, -0.2) is 0 Å². The van der Waals surface area contributed by atoms with Gasteiger partial charge in [0, 0.05) is 40.7 Å². The Balaban J connectivity index is 1.23. The predicted octanol–water partition coefficient (Wildman–Crippen LogP) is 15.5. The minimum absolute atomic E-state index is 0.177. The van der Waals surface area contributed by atoms with Crippen molar-refractivity contribution in [3.05, 3.63) is 161 Å². The third kappa shape index (κ3) is 5.74. The molecule has 53 heavy (non-hydrogen) atoms. The first kappa shape index (κ1) is 35.3. The SMILES string of the molecule is Cc1cc(C)c(N(c2ccc(Br)cc2)c2ccc3c(c2)[C@@]24CCC2CC[C@H]4c2cc(N(c4ccc(Br)cc4)c4c(C)cc(I)cc4C)ccc2-3)c(C)c1. The molecule has 0 bridgehead atoms. The molecule has 3 aliphatic rings. The van der Waals surface area contributed by atoms with Gasteiger partial charge < -0.3 is 9.80 Å². The Kier molecular flexibility index (Phi) is 8.94. The number of hydrogen-bond donors (Lipinski definition) is 0. The highest BCUT2D eigenvalue weighted by molar-refractivity contribution is 14.1. The average molecular weight is 935 g/mol. The third-order valence-electron chi connectivity index (χ3n) is 12.5. The maximum Gasteiger partial charge on any atom is 0.0520 e. The molecule has 2 nitrogen and oxygen atoms in total. The van der Waals surface area contributed by atoms with Gasteiger partial charge in [0.15, 0.2) is 0 Å². The van der Waals surface area contributed by atoms with Gasteiger partial charge in [-0.3, -0.25) is 0 Å². The highest BCUT2D eigenvalue weighted by Gasteiger charge is 2.60. The van der Waals surface area contributed by atoms with E-state index >= 15 is 0 Å². The number of benzene rings is 6. The van der Waals surface area contributed by atoms with Gasteiger partial charge in [0.1, 0.15) is 0 Å². The van der Waals surface area contributed by atoms with Gasteiger partial charge in [-0.2, -0.15) is 0 Å². The summed E-state index contributed by atoms with van der Waals surface area (Å²) in [5.41, 5.74) is 20.0. The first-order valence-corrected chi connectivity index (χ1v) is 21.4. The van der Waals surface area contributed by atoms with Crippen molar-refractivity contribution in [3.8, 4) is 11.1 Å². The fraction of sp³-hybridized carbons (Fsp3) is 0.250. The van der Waals surface area contributed by atoms with Gasteiger partial charge in [0.25, 0.3) is 0 Å². The van der Waals surface area contributed by atoms with Crippen molar-refractivity contribution in [2.45, 2.75) is 71.6 Å². The molecule has 2 saturated carbocycles. The van der Waals surface area contributed by atoms with Crippen LogP contribution in [-0.2, 0) is 5.41 Å². The van der Waals surface area contributed by atoms with E-state index in [0.29, 0.717) is 5.92 Å². The van der Waals surface area contributed by atoms with E-state index < -0.39 is 0 Å². The van der Waals surface area contributed by atoms with Crippen molar-refractivity contribution in [3.63, 3.8) is 0 Å². The fourth-order valence-corrected chi connectivity index (χ4v) is 11.9. The monoisotopic (exact) mass is 932 g/mol. The molecule has 0 aromatic heterocycles. The second-order valence-electron chi connectivity index (χ2n) is 15.7. The summed E-state index contributed by atoms with van der Waals surface area (Å²) >= 11 is 9.83. The summed E-state index contributed by atoms with van der Waals surface area (Å²) in [6.45, 7) is 11.2. The van der Waals surface area contributed by atoms with Crippen molar-refractivity contribution in [1.82, 2.24) is 0 Å². The molecule has 6 aromatic rings. The van der Waals surface area contributed by atoms with Crippen LogP contribution < -0.4 is 9.80 Å². The Morgan fingerprint density at radius 2 is 1.04 bits per heavy atom. The molecular weight excluding hydrogens is 891 g/mol. The van der Waals surface area contributed by atoms with E-state index in [1.165, 1.54) is 108 Å². The zero-order valence-corrected chi connectivity index (χ0v) is 36.2. The van der Waals surface area contributed by atoms with Crippen molar-refractivity contribution in [1.29, 1.82) is 0 Å². The minimum atomic E-state index is 0.177. The molecule has 3 aliphatic carbocycles. The molecule has 2 fully saturated rings. The summed E-state index contributed by atoms with van der Waals surface area (Å²) in [4.78, 5) is 5.00. The molecule has 0 N–H and O–H groups in total. The number of anilines is 6. The Labute approximate surface area is 345 Å². The molecule has 9 rings (SSSR count). The van der Waals surface area contributed by atoms with Gasteiger partial charge >= 0.3 is 0 Å². The number of fused-ring (bicyclic) bond motifs is 4. The molecule has 1 unspecified atom stereocenters. The molecule has 0 amide bonds. The van der Waals surface area contributed by atoms with Crippen LogP contribution in [0.25, 0.3) is 11.1 Å². The second-order valence-corrected chi connectivity index (χ2v) is 18.7. The van der Waals surface area contributed by atoms with Crippen molar-refractivity contribution >= 4 is 88.6 Å². The maximum atomic E-state index is 3.69. The largest absolute Gasteiger partial charge is 0.310 e. The van der Waals surface area contributed by atoms with E-state index in [1.54, 1.807) is 5.56 Å². The number of hydrogen-bond acceptors (Lipinski definition) is 2. The van der Waals surface area contributed by atoms with Gasteiger partial charge in [-0.05, 0) is 224 Å². The zero-order valence-electron chi connectivity index (χ0n) is 30.9. The van der Waals surface area contributed by atoms with Crippen LogP contribution >= 0.6 is 54.5 Å². The molecular formula is C48H43Br2IN2. The van der Waals surface area contributed by atoms with Crippen LogP contribution in [0, 0.1) is 44.1 Å². The van der Waals surface area contributed by atoms with E-state index in [2.05, 4.69) is 208 Å². The number of nitrogens with zero attached hydrogens (tertiary/aromatic N) is 2. The topological polar surface area (TPSA) is 6.48 Å². The summed E-state index contributed by atoms with van der Waals surface area (Å²) in [5.74, 6) is 1.24. The van der Waals surface area contributed by atoms with Crippen molar-refractivity contribution in [2.24, 2.45) is 5.92 Å². The maximum absolute atomic E-state index is 3.69. The van der Waals surface area contributed by atoms with E-state index in [-0.39, 0.29) is 5.41 Å².